The molecule has 0 radical (unpaired) electrons. The average Bonchev–Trinajstić information content (AvgIpc) is 2.72. The molecule has 3 heterocycles. The minimum atomic E-state index is -4.24. The first-order valence-electron chi connectivity index (χ1n) is 9.94. The standard InChI is InChI=1S/C20H26F3N5O/c1-13-11-28(8-6-24-13)18-4-3-17(20(21,22)23)15-5-7-27(12-16(15)18)14-9-25-19(29-2)26-10-14/h3-4,9-10,13,15,17,24H,5-8,11-12H2,1-2H3/t13-,15?,17?/m1/s1. The highest BCUT2D eigenvalue weighted by atomic mass is 19.4. The number of halogens is 3. The fourth-order valence-corrected chi connectivity index (χ4v) is 4.57. The number of fused-ring (bicyclic) bond motifs is 1. The van der Waals surface area contributed by atoms with Crippen molar-refractivity contribution in [3.8, 4) is 6.01 Å². The summed E-state index contributed by atoms with van der Waals surface area (Å²) in [7, 11) is 1.50. The monoisotopic (exact) mass is 409 g/mol. The molecular formula is C20H26F3N5O. The number of nitrogens with zero attached hydrogens (tertiary/aromatic N) is 4. The SMILES string of the molecule is COc1ncc(N2CCC3C(=C(N4CCN[C@H](C)C4)C=CC3C(F)(F)F)C2)cn1. The van der Waals surface area contributed by atoms with Crippen molar-refractivity contribution < 1.29 is 17.9 Å². The maximum atomic E-state index is 13.7. The molecule has 3 atom stereocenters. The lowest BCUT2D eigenvalue weighted by molar-refractivity contribution is -0.172. The van der Waals surface area contributed by atoms with Crippen LogP contribution in [0.1, 0.15) is 13.3 Å². The predicted octanol–water partition coefficient (Wildman–Crippen LogP) is 2.61. The molecule has 2 unspecified atom stereocenters. The van der Waals surface area contributed by atoms with Gasteiger partial charge in [-0.3, -0.25) is 0 Å². The number of methoxy groups -OCH3 is 1. The van der Waals surface area contributed by atoms with E-state index in [1.165, 1.54) is 13.2 Å². The predicted molar refractivity (Wildman–Crippen MR) is 104 cm³/mol. The second-order valence-corrected chi connectivity index (χ2v) is 7.88. The van der Waals surface area contributed by atoms with Crippen LogP contribution in [0.3, 0.4) is 0 Å². The maximum Gasteiger partial charge on any atom is 0.395 e. The van der Waals surface area contributed by atoms with Crippen LogP contribution >= 0.6 is 0 Å². The van der Waals surface area contributed by atoms with E-state index in [9.17, 15) is 13.2 Å². The number of aromatic nitrogens is 2. The number of hydrogen-bond acceptors (Lipinski definition) is 6. The molecule has 29 heavy (non-hydrogen) atoms. The number of ether oxygens (including phenoxy) is 1. The van der Waals surface area contributed by atoms with Gasteiger partial charge in [0.2, 0.25) is 0 Å². The summed E-state index contributed by atoms with van der Waals surface area (Å²) in [6, 6.07) is 0.579. The number of rotatable bonds is 3. The Kier molecular flexibility index (Phi) is 5.42. The number of piperidine rings is 1. The molecule has 3 aliphatic rings. The van der Waals surface area contributed by atoms with Crippen molar-refractivity contribution in [1.82, 2.24) is 20.2 Å². The summed E-state index contributed by atoms with van der Waals surface area (Å²) in [5.41, 5.74) is 2.61. The van der Waals surface area contributed by atoms with E-state index in [4.69, 9.17) is 4.74 Å². The van der Waals surface area contributed by atoms with E-state index in [-0.39, 0.29) is 6.01 Å². The molecule has 0 aromatic carbocycles. The van der Waals surface area contributed by atoms with Crippen LogP contribution in [-0.2, 0) is 0 Å². The van der Waals surface area contributed by atoms with Crippen LogP contribution < -0.4 is 15.0 Å². The van der Waals surface area contributed by atoms with Crippen molar-refractivity contribution in [2.75, 3.05) is 44.7 Å². The highest BCUT2D eigenvalue weighted by molar-refractivity contribution is 5.48. The summed E-state index contributed by atoms with van der Waals surface area (Å²) in [6.07, 6.45) is 2.60. The molecule has 0 bridgehead atoms. The van der Waals surface area contributed by atoms with Crippen LogP contribution in [0.25, 0.3) is 0 Å². The minimum absolute atomic E-state index is 0.274. The normalized spacial score (nSPS) is 27.8. The second-order valence-electron chi connectivity index (χ2n) is 7.88. The zero-order valence-electron chi connectivity index (χ0n) is 16.6. The number of alkyl halides is 3. The Labute approximate surface area is 168 Å². The quantitative estimate of drug-likeness (QED) is 0.828. The first kappa shape index (κ1) is 20.0. The highest BCUT2D eigenvalue weighted by Gasteiger charge is 2.48. The van der Waals surface area contributed by atoms with Crippen molar-refractivity contribution in [2.24, 2.45) is 11.8 Å². The Morgan fingerprint density at radius 3 is 2.59 bits per heavy atom. The van der Waals surface area contributed by atoms with Crippen molar-refractivity contribution >= 4 is 5.69 Å². The number of nitrogens with one attached hydrogen (secondary N) is 1. The third kappa shape index (κ3) is 4.05. The molecule has 6 nitrogen and oxygen atoms in total. The summed E-state index contributed by atoms with van der Waals surface area (Å²) >= 11 is 0. The van der Waals surface area contributed by atoms with Gasteiger partial charge >= 0.3 is 12.2 Å². The largest absolute Gasteiger partial charge is 0.467 e. The van der Waals surface area contributed by atoms with E-state index < -0.39 is 18.0 Å². The van der Waals surface area contributed by atoms with E-state index >= 15 is 0 Å². The third-order valence-electron chi connectivity index (χ3n) is 5.99. The lowest BCUT2D eigenvalue weighted by atomic mass is 9.75. The van der Waals surface area contributed by atoms with Gasteiger partial charge in [-0.05, 0) is 25.0 Å². The van der Waals surface area contributed by atoms with Crippen molar-refractivity contribution in [1.29, 1.82) is 0 Å². The Bertz CT molecular complexity index is 792. The van der Waals surface area contributed by atoms with Gasteiger partial charge in [-0.15, -0.1) is 0 Å². The average molecular weight is 409 g/mol. The van der Waals surface area contributed by atoms with Gasteiger partial charge in [-0.1, -0.05) is 6.08 Å². The van der Waals surface area contributed by atoms with Gasteiger partial charge in [0.05, 0.1) is 31.1 Å². The smallest absolute Gasteiger partial charge is 0.395 e. The lowest BCUT2D eigenvalue weighted by Gasteiger charge is -2.44. The molecule has 9 heteroatoms. The van der Waals surface area contributed by atoms with Crippen LogP contribution in [0.5, 0.6) is 6.01 Å². The Morgan fingerprint density at radius 1 is 1.17 bits per heavy atom. The van der Waals surface area contributed by atoms with E-state index in [1.54, 1.807) is 18.5 Å². The van der Waals surface area contributed by atoms with Gasteiger partial charge in [0.1, 0.15) is 0 Å². The number of allylic oxidation sites excluding steroid dienone is 2. The van der Waals surface area contributed by atoms with Gasteiger partial charge in [-0.2, -0.15) is 13.2 Å². The molecule has 0 saturated carbocycles. The molecule has 0 spiro atoms. The molecule has 2 aliphatic heterocycles. The number of piperazine rings is 1. The molecule has 4 rings (SSSR count). The summed E-state index contributed by atoms with van der Waals surface area (Å²) in [4.78, 5) is 12.6. The Morgan fingerprint density at radius 2 is 1.93 bits per heavy atom. The highest BCUT2D eigenvalue weighted by Crippen LogP contribution is 2.45. The van der Waals surface area contributed by atoms with Gasteiger partial charge in [0, 0.05) is 50.4 Å². The number of hydrogen-bond donors (Lipinski definition) is 1. The molecule has 1 N–H and O–H groups in total. The molecule has 158 valence electrons. The Hall–Kier alpha value is -2.29. The van der Waals surface area contributed by atoms with Crippen molar-refractivity contribution in [3.05, 3.63) is 35.8 Å². The van der Waals surface area contributed by atoms with Crippen LogP contribution in [0, 0.1) is 11.8 Å². The molecule has 2 fully saturated rings. The van der Waals surface area contributed by atoms with Crippen LogP contribution in [0.2, 0.25) is 0 Å². The minimum Gasteiger partial charge on any atom is -0.467 e. The summed E-state index contributed by atoms with van der Waals surface area (Å²) in [5.74, 6) is -1.94. The first-order chi connectivity index (χ1) is 13.9. The molecule has 2 saturated heterocycles. The fraction of sp³-hybridized carbons (Fsp3) is 0.600. The van der Waals surface area contributed by atoms with Gasteiger partial charge in [-0.25, -0.2) is 9.97 Å². The molecule has 1 aromatic rings. The zero-order valence-corrected chi connectivity index (χ0v) is 16.6. The first-order valence-corrected chi connectivity index (χ1v) is 9.94. The van der Waals surface area contributed by atoms with Crippen molar-refractivity contribution in [3.63, 3.8) is 0 Å². The summed E-state index contributed by atoms with van der Waals surface area (Å²) < 4.78 is 46.1. The van der Waals surface area contributed by atoms with Gasteiger partial charge in [0.15, 0.2) is 0 Å². The van der Waals surface area contributed by atoms with Crippen molar-refractivity contribution in [2.45, 2.75) is 25.6 Å². The fourth-order valence-electron chi connectivity index (χ4n) is 4.57. The van der Waals surface area contributed by atoms with E-state index in [2.05, 4.69) is 32.0 Å². The molecular weight excluding hydrogens is 383 g/mol. The second kappa shape index (κ2) is 7.85. The van der Waals surface area contributed by atoms with Crippen LogP contribution in [0.15, 0.2) is 35.8 Å². The lowest BCUT2D eigenvalue weighted by Crippen LogP contribution is -2.51. The Balaban J connectivity index is 1.65. The van der Waals surface area contributed by atoms with E-state index in [0.29, 0.717) is 25.6 Å². The molecule has 1 aromatic heterocycles. The maximum absolute atomic E-state index is 13.7. The molecule has 1 aliphatic carbocycles. The number of anilines is 1. The van der Waals surface area contributed by atoms with Crippen LogP contribution in [0.4, 0.5) is 18.9 Å². The van der Waals surface area contributed by atoms with Crippen LogP contribution in [-0.4, -0.2) is 66.9 Å². The van der Waals surface area contributed by atoms with E-state index in [0.717, 1.165) is 36.6 Å². The summed E-state index contributed by atoms with van der Waals surface area (Å²) in [6.45, 7) is 5.50. The zero-order chi connectivity index (χ0) is 20.6. The van der Waals surface area contributed by atoms with Gasteiger partial charge < -0.3 is 19.9 Å². The van der Waals surface area contributed by atoms with E-state index in [1.807, 2.05) is 0 Å². The summed E-state index contributed by atoms with van der Waals surface area (Å²) in [5, 5.41) is 3.39. The third-order valence-corrected chi connectivity index (χ3v) is 5.99. The molecule has 0 amide bonds. The topological polar surface area (TPSA) is 53.5 Å². The van der Waals surface area contributed by atoms with Gasteiger partial charge in [0.25, 0.3) is 0 Å².